The maximum Gasteiger partial charge on any atom is 1.00 e. The number of aromatic nitrogens is 1. The molecule has 0 spiro atoms. The van der Waals surface area contributed by atoms with Crippen molar-refractivity contribution in [2.75, 3.05) is 6.61 Å². The van der Waals surface area contributed by atoms with E-state index >= 15 is 0 Å². The number of rotatable bonds is 3. The molecule has 1 aromatic heterocycles. The number of hydrogen-bond acceptors (Lipinski definition) is 4. The Bertz CT molecular complexity index is 357. The van der Waals surface area contributed by atoms with Crippen LogP contribution in [0.2, 0.25) is 0 Å². The number of ether oxygens (including phenoxy) is 1. The minimum atomic E-state index is -4.44. The van der Waals surface area contributed by atoms with E-state index in [0.29, 0.717) is 0 Å². The first-order valence-corrected chi connectivity index (χ1v) is 4.71. The molecule has 0 aromatic carbocycles. The van der Waals surface area contributed by atoms with E-state index in [1.807, 2.05) is 0 Å². The van der Waals surface area contributed by atoms with Gasteiger partial charge in [-0.3, -0.25) is 4.21 Å². The molecule has 0 aliphatic carbocycles. The van der Waals surface area contributed by atoms with Gasteiger partial charge in [-0.15, -0.1) is 0 Å². The van der Waals surface area contributed by atoms with Crippen molar-refractivity contribution in [3.8, 4) is 5.88 Å². The number of halogens is 3. The average Bonchev–Trinajstić information content (AvgIpc) is 2.14. The van der Waals surface area contributed by atoms with Crippen molar-refractivity contribution < 1.29 is 56.2 Å². The first kappa shape index (κ1) is 15.9. The molecule has 0 aliphatic rings. The summed E-state index contributed by atoms with van der Waals surface area (Å²) in [5, 5.41) is 0. The summed E-state index contributed by atoms with van der Waals surface area (Å²) in [4.78, 5) is 3.27. The van der Waals surface area contributed by atoms with E-state index in [0.717, 1.165) is 18.3 Å². The Labute approximate surface area is 114 Å². The van der Waals surface area contributed by atoms with E-state index in [4.69, 9.17) is 0 Å². The summed E-state index contributed by atoms with van der Waals surface area (Å²) >= 11 is -2.45. The Morgan fingerprint density at radius 2 is 2.06 bits per heavy atom. The topological polar surface area (TPSA) is 62.2 Å². The van der Waals surface area contributed by atoms with Crippen LogP contribution in [0.3, 0.4) is 0 Å². The largest absolute Gasteiger partial charge is 1.00 e. The van der Waals surface area contributed by atoms with Gasteiger partial charge in [-0.05, 0) is 17.1 Å². The van der Waals surface area contributed by atoms with Crippen molar-refractivity contribution in [2.24, 2.45) is 0 Å². The molecule has 1 atom stereocenters. The fourth-order valence-corrected chi connectivity index (χ4v) is 1.02. The smallest absolute Gasteiger partial charge is 0.768 e. The SMILES string of the molecule is O=S([O-])c1ccc(OCC(F)(F)F)nc1.[Na+]. The summed E-state index contributed by atoms with van der Waals surface area (Å²) in [6, 6.07) is 2.15. The van der Waals surface area contributed by atoms with Gasteiger partial charge in [-0.2, -0.15) is 13.2 Å². The van der Waals surface area contributed by atoms with Gasteiger partial charge in [0.15, 0.2) is 6.61 Å². The summed E-state index contributed by atoms with van der Waals surface area (Å²) in [7, 11) is 0. The van der Waals surface area contributed by atoms with Crippen molar-refractivity contribution >= 4 is 11.1 Å². The average molecular weight is 263 g/mol. The van der Waals surface area contributed by atoms with Crippen molar-refractivity contribution in [1.82, 2.24) is 4.98 Å². The molecule has 1 rings (SSSR count). The third-order valence-electron chi connectivity index (χ3n) is 1.29. The summed E-state index contributed by atoms with van der Waals surface area (Å²) in [5.41, 5.74) is 0. The molecule has 0 saturated carbocycles. The van der Waals surface area contributed by atoms with Gasteiger partial charge in [0.1, 0.15) is 0 Å². The van der Waals surface area contributed by atoms with Crippen LogP contribution in [0.4, 0.5) is 13.2 Å². The van der Waals surface area contributed by atoms with E-state index in [2.05, 4.69) is 9.72 Å². The number of alkyl halides is 3. The maximum atomic E-state index is 11.7. The predicted molar refractivity (Wildman–Crippen MR) is 43.0 cm³/mol. The fourth-order valence-electron chi connectivity index (χ4n) is 0.706. The first-order chi connectivity index (χ1) is 6.88. The van der Waals surface area contributed by atoms with Crippen molar-refractivity contribution in [1.29, 1.82) is 0 Å². The normalized spacial score (nSPS) is 12.8. The Morgan fingerprint density at radius 3 is 2.44 bits per heavy atom. The second-order valence-corrected chi connectivity index (χ2v) is 3.41. The van der Waals surface area contributed by atoms with Gasteiger partial charge >= 0.3 is 35.7 Å². The summed E-state index contributed by atoms with van der Waals surface area (Å²) in [5.74, 6) is -0.276. The molecule has 9 heteroatoms. The monoisotopic (exact) mass is 263 g/mol. The van der Waals surface area contributed by atoms with Crippen LogP contribution < -0.4 is 34.3 Å². The Kier molecular flexibility index (Phi) is 6.49. The van der Waals surface area contributed by atoms with Gasteiger partial charge < -0.3 is 9.29 Å². The summed E-state index contributed by atoms with van der Waals surface area (Å²) < 4.78 is 60.1. The molecule has 16 heavy (non-hydrogen) atoms. The van der Waals surface area contributed by atoms with Crippen LogP contribution in [0.25, 0.3) is 0 Å². The van der Waals surface area contributed by atoms with Crippen molar-refractivity contribution in [3.05, 3.63) is 18.3 Å². The second-order valence-electron chi connectivity index (χ2n) is 2.47. The molecule has 0 amide bonds. The molecule has 1 unspecified atom stereocenters. The zero-order valence-electron chi connectivity index (χ0n) is 8.15. The van der Waals surface area contributed by atoms with E-state index in [9.17, 15) is 21.9 Å². The van der Waals surface area contributed by atoms with Gasteiger partial charge in [0.25, 0.3) is 0 Å². The Morgan fingerprint density at radius 1 is 1.44 bits per heavy atom. The van der Waals surface area contributed by atoms with E-state index in [-0.39, 0.29) is 40.3 Å². The number of nitrogens with zero attached hydrogens (tertiary/aromatic N) is 1. The molecular formula is C7H5F3NNaO3S. The quantitative estimate of drug-likeness (QED) is 0.480. The van der Waals surface area contributed by atoms with E-state index in [1.54, 1.807) is 0 Å². The third-order valence-corrected chi connectivity index (χ3v) is 1.91. The van der Waals surface area contributed by atoms with Crippen LogP contribution in [0.1, 0.15) is 0 Å². The van der Waals surface area contributed by atoms with Crippen molar-refractivity contribution in [3.63, 3.8) is 0 Å². The minimum absolute atomic E-state index is 0. The molecule has 84 valence electrons. The molecule has 1 heterocycles. The zero-order chi connectivity index (χ0) is 11.5. The van der Waals surface area contributed by atoms with Gasteiger partial charge in [-0.25, -0.2) is 4.98 Å². The second kappa shape index (κ2) is 6.55. The molecule has 1 aromatic rings. The van der Waals surface area contributed by atoms with Gasteiger partial charge in [0.05, 0.1) is 0 Å². The van der Waals surface area contributed by atoms with Crippen LogP contribution in [-0.4, -0.2) is 26.5 Å². The molecule has 0 bridgehead atoms. The zero-order valence-corrected chi connectivity index (χ0v) is 11.0. The maximum absolute atomic E-state index is 11.7. The number of hydrogen-bond donors (Lipinski definition) is 0. The van der Waals surface area contributed by atoms with Gasteiger partial charge in [0, 0.05) is 17.2 Å². The van der Waals surface area contributed by atoms with Crippen LogP contribution in [0.15, 0.2) is 23.2 Å². The summed E-state index contributed by atoms with van der Waals surface area (Å²) in [6.45, 7) is -1.46. The number of pyridine rings is 1. The molecule has 0 fully saturated rings. The molecule has 4 nitrogen and oxygen atoms in total. The molecule has 0 saturated heterocycles. The van der Waals surface area contributed by atoms with Gasteiger partial charge in [0.2, 0.25) is 5.88 Å². The van der Waals surface area contributed by atoms with Crippen LogP contribution in [0, 0.1) is 0 Å². The minimum Gasteiger partial charge on any atom is -0.768 e. The van der Waals surface area contributed by atoms with Crippen molar-refractivity contribution in [2.45, 2.75) is 11.1 Å². The molecule has 0 aliphatic heterocycles. The molecule has 0 N–H and O–H groups in total. The van der Waals surface area contributed by atoms with Gasteiger partial charge in [-0.1, -0.05) is 0 Å². The van der Waals surface area contributed by atoms with E-state index in [1.165, 1.54) is 0 Å². The Hall–Kier alpha value is -0.150. The molecular weight excluding hydrogens is 258 g/mol. The summed E-state index contributed by atoms with van der Waals surface area (Å²) in [6.07, 6.45) is -3.53. The predicted octanol–water partition coefficient (Wildman–Crippen LogP) is -1.74. The fraction of sp³-hybridized carbons (Fsp3) is 0.286. The first-order valence-electron chi connectivity index (χ1n) is 3.63. The van der Waals surface area contributed by atoms with Crippen LogP contribution >= 0.6 is 0 Å². The molecule has 0 radical (unpaired) electrons. The standard InChI is InChI=1S/C7H6F3NO3S.Na/c8-7(9,10)4-14-6-2-1-5(3-11-6)15(12)13;/h1-3H,4H2,(H,12,13);/q;+1/p-1. The Balaban J connectivity index is 0.00000225. The van der Waals surface area contributed by atoms with E-state index < -0.39 is 23.9 Å². The third kappa shape index (κ3) is 5.80. The van der Waals surface area contributed by atoms with Crippen LogP contribution in [-0.2, 0) is 11.1 Å². The van der Waals surface area contributed by atoms with Crippen LogP contribution in [0.5, 0.6) is 5.88 Å².